The first kappa shape index (κ1) is 25.3. The summed E-state index contributed by atoms with van der Waals surface area (Å²) in [5, 5.41) is 12.1. The van der Waals surface area contributed by atoms with Gasteiger partial charge in [0.15, 0.2) is 0 Å². The van der Waals surface area contributed by atoms with E-state index in [1.807, 2.05) is 31.3 Å². The van der Waals surface area contributed by atoms with Gasteiger partial charge >= 0.3 is 0 Å². The molecular formula is C34H36N2. The predicted octanol–water partition coefficient (Wildman–Crippen LogP) is 9.06. The van der Waals surface area contributed by atoms with E-state index in [0.717, 1.165) is 24.1 Å². The minimum absolute atomic E-state index is 0.705. The minimum Gasteiger partial charge on any atom is -0.388 e. The molecule has 0 aliphatic rings. The molecule has 0 spiro atoms. The average Bonchev–Trinajstić information content (AvgIpc) is 2.95. The zero-order valence-corrected chi connectivity index (χ0v) is 21.3. The van der Waals surface area contributed by atoms with Crippen LogP contribution < -0.4 is 5.32 Å². The van der Waals surface area contributed by atoms with E-state index in [9.17, 15) is 0 Å². The predicted molar refractivity (Wildman–Crippen MR) is 153 cm³/mol. The van der Waals surface area contributed by atoms with Crippen molar-refractivity contribution in [3.63, 3.8) is 0 Å². The van der Waals surface area contributed by atoms with Crippen LogP contribution in [-0.2, 0) is 12.8 Å². The van der Waals surface area contributed by atoms with Crippen LogP contribution in [0.1, 0.15) is 55.2 Å². The van der Waals surface area contributed by atoms with E-state index in [2.05, 4.69) is 84.2 Å². The SMILES string of the molecule is CNc1ccc(-c2cccc(CCCCCCCCc3ccc(-c4ccc(C#N)cc4)cc3)c2)cc1. The second kappa shape index (κ2) is 13.3. The van der Waals surface area contributed by atoms with Crippen LogP contribution in [-0.4, -0.2) is 7.05 Å². The summed E-state index contributed by atoms with van der Waals surface area (Å²) in [6, 6.07) is 36.5. The summed E-state index contributed by atoms with van der Waals surface area (Å²) in [5.41, 5.74) is 9.65. The van der Waals surface area contributed by atoms with E-state index in [0.29, 0.717) is 5.56 Å². The Hall–Kier alpha value is -3.83. The maximum Gasteiger partial charge on any atom is 0.0991 e. The normalized spacial score (nSPS) is 10.7. The van der Waals surface area contributed by atoms with Crippen LogP contribution in [0.2, 0.25) is 0 Å². The molecule has 0 atom stereocenters. The number of nitrogens with one attached hydrogen (secondary N) is 1. The second-order valence-electron chi connectivity index (χ2n) is 9.54. The van der Waals surface area contributed by atoms with Crippen LogP contribution in [0.4, 0.5) is 5.69 Å². The first-order valence-corrected chi connectivity index (χ1v) is 13.2. The molecule has 2 nitrogen and oxygen atoms in total. The van der Waals surface area contributed by atoms with E-state index in [4.69, 9.17) is 5.26 Å². The van der Waals surface area contributed by atoms with Gasteiger partial charge < -0.3 is 5.32 Å². The maximum absolute atomic E-state index is 8.95. The molecule has 0 fully saturated rings. The highest BCUT2D eigenvalue weighted by atomic mass is 14.8. The van der Waals surface area contributed by atoms with Crippen molar-refractivity contribution >= 4 is 5.69 Å². The Morgan fingerprint density at radius 1 is 0.556 bits per heavy atom. The summed E-state index contributed by atoms with van der Waals surface area (Å²) >= 11 is 0. The number of nitriles is 1. The Labute approximate surface area is 216 Å². The van der Waals surface area contributed by atoms with Gasteiger partial charge in [-0.25, -0.2) is 0 Å². The number of rotatable bonds is 12. The smallest absolute Gasteiger partial charge is 0.0991 e. The Bertz CT molecular complexity index is 1250. The van der Waals surface area contributed by atoms with Crippen LogP contribution in [0.5, 0.6) is 0 Å². The number of nitrogens with zero attached hydrogens (tertiary/aromatic N) is 1. The molecule has 2 heteroatoms. The third kappa shape index (κ3) is 7.33. The number of benzene rings is 4. The van der Waals surface area contributed by atoms with Crippen molar-refractivity contribution < 1.29 is 0 Å². The zero-order chi connectivity index (χ0) is 25.0. The number of anilines is 1. The fourth-order valence-corrected chi connectivity index (χ4v) is 4.70. The van der Waals surface area contributed by atoms with Crippen LogP contribution >= 0.6 is 0 Å². The zero-order valence-electron chi connectivity index (χ0n) is 21.3. The number of unbranched alkanes of at least 4 members (excludes halogenated alkanes) is 5. The summed E-state index contributed by atoms with van der Waals surface area (Å²) < 4.78 is 0. The van der Waals surface area contributed by atoms with Gasteiger partial charge in [-0.05, 0) is 83.3 Å². The van der Waals surface area contributed by atoms with Gasteiger partial charge in [0, 0.05) is 12.7 Å². The Kier molecular flexibility index (Phi) is 9.34. The van der Waals surface area contributed by atoms with E-state index >= 15 is 0 Å². The van der Waals surface area contributed by atoms with Crippen LogP contribution in [0.15, 0.2) is 97.1 Å². The van der Waals surface area contributed by atoms with Gasteiger partial charge in [-0.1, -0.05) is 98.5 Å². The molecule has 0 aromatic heterocycles. The van der Waals surface area contributed by atoms with Gasteiger partial charge in [-0.2, -0.15) is 5.26 Å². The molecular weight excluding hydrogens is 436 g/mol. The first-order valence-electron chi connectivity index (χ1n) is 13.2. The van der Waals surface area contributed by atoms with Crippen molar-refractivity contribution in [2.45, 2.75) is 51.4 Å². The fourth-order valence-electron chi connectivity index (χ4n) is 4.70. The number of aryl methyl sites for hydroxylation is 2. The van der Waals surface area contributed by atoms with Crippen LogP contribution in [0, 0.1) is 11.3 Å². The van der Waals surface area contributed by atoms with Crippen molar-refractivity contribution in [3.05, 3.63) is 114 Å². The van der Waals surface area contributed by atoms with Gasteiger partial charge in [0.2, 0.25) is 0 Å². The molecule has 0 bridgehead atoms. The lowest BCUT2D eigenvalue weighted by atomic mass is 9.99. The monoisotopic (exact) mass is 472 g/mol. The van der Waals surface area contributed by atoms with Gasteiger partial charge in [-0.15, -0.1) is 0 Å². The summed E-state index contributed by atoms with van der Waals surface area (Å²) in [7, 11) is 1.95. The first-order chi connectivity index (χ1) is 17.7. The Morgan fingerprint density at radius 3 is 1.69 bits per heavy atom. The topological polar surface area (TPSA) is 35.8 Å². The highest BCUT2D eigenvalue weighted by Gasteiger charge is 2.02. The highest BCUT2D eigenvalue weighted by Crippen LogP contribution is 2.24. The van der Waals surface area contributed by atoms with E-state index in [1.54, 1.807) is 0 Å². The third-order valence-electron chi connectivity index (χ3n) is 6.92. The van der Waals surface area contributed by atoms with Crippen molar-refractivity contribution in [1.29, 1.82) is 5.26 Å². The molecule has 0 radical (unpaired) electrons. The number of hydrogen-bond acceptors (Lipinski definition) is 2. The molecule has 4 rings (SSSR count). The molecule has 1 N–H and O–H groups in total. The quantitative estimate of drug-likeness (QED) is 0.209. The van der Waals surface area contributed by atoms with Crippen LogP contribution in [0.3, 0.4) is 0 Å². The highest BCUT2D eigenvalue weighted by molar-refractivity contribution is 5.67. The lowest BCUT2D eigenvalue weighted by Crippen LogP contribution is -1.90. The maximum atomic E-state index is 8.95. The van der Waals surface area contributed by atoms with Gasteiger partial charge in [-0.3, -0.25) is 0 Å². The molecule has 36 heavy (non-hydrogen) atoms. The second-order valence-corrected chi connectivity index (χ2v) is 9.54. The average molecular weight is 473 g/mol. The lowest BCUT2D eigenvalue weighted by Gasteiger charge is -2.07. The van der Waals surface area contributed by atoms with Gasteiger partial charge in [0.25, 0.3) is 0 Å². The van der Waals surface area contributed by atoms with E-state index < -0.39 is 0 Å². The third-order valence-corrected chi connectivity index (χ3v) is 6.92. The van der Waals surface area contributed by atoms with Crippen LogP contribution in [0.25, 0.3) is 22.3 Å². The van der Waals surface area contributed by atoms with Crippen molar-refractivity contribution in [2.24, 2.45) is 0 Å². The fraction of sp³-hybridized carbons (Fsp3) is 0.265. The van der Waals surface area contributed by atoms with Gasteiger partial charge in [0.05, 0.1) is 11.6 Å². The minimum atomic E-state index is 0.705. The molecule has 4 aromatic rings. The molecule has 182 valence electrons. The molecule has 0 unspecified atom stereocenters. The van der Waals surface area contributed by atoms with E-state index in [1.165, 1.54) is 66.3 Å². The molecule has 0 saturated carbocycles. The molecule has 0 aliphatic heterocycles. The van der Waals surface area contributed by atoms with Gasteiger partial charge in [0.1, 0.15) is 0 Å². The van der Waals surface area contributed by atoms with E-state index in [-0.39, 0.29) is 0 Å². The molecule has 0 amide bonds. The Balaban J connectivity index is 1.11. The molecule has 4 aromatic carbocycles. The summed E-state index contributed by atoms with van der Waals surface area (Å²) in [4.78, 5) is 0. The molecule has 0 saturated heterocycles. The largest absolute Gasteiger partial charge is 0.388 e. The summed E-state index contributed by atoms with van der Waals surface area (Å²) in [5.74, 6) is 0. The molecule has 0 aliphatic carbocycles. The standard InChI is InChI=1S/C34H36N2/c1-36-34-23-21-32(22-24-34)33-12-8-11-28(25-33)10-7-5-3-2-4-6-9-27-13-17-30(18-14-27)31-19-15-29(26-35)16-20-31/h8,11-25,36H,2-7,9-10H2,1H3. The summed E-state index contributed by atoms with van der Waals surface area (Å²) in [6.07, 6.45) is 10.1. The Morgan fingerprint density at radius 2 is 1.08 bits per heavy atom. The summed E-state index contributed by atoms with van der Waals surface area (Å²) in [6.45, 7) is 0. The van der Waals surface area contributed by atoms with Crippen molar-refractivity contribution in [3.8, 4) is 28.3 Å². The number of hydrogen-bond donors (Lipinski definition) is 1. The van der Waals surface area contributed by atoms with Crippen molar-refractivity contribution in [2.75, 3.05) is 12.4 Å². The molecule has 0 heterocycles. The van der Waals surface area contributed by atoms with Crippen molar-refractivity contribution in [1.82, 2.24) is 0 Å². The lowest BCUT2D eigenvalue weighted by molar-refractivity contribution is 0.594.